The summed E-state index contributed by atoms with van der Waals surface area (Å²) in [5.41, 5.74) is 0.0935. The van der Waals surface area contributed by atoms with Gasteiger partial charge in [-0.2, -0.15) is 5.10 Å². The predicted octanol–water partition coefficient (Wildman–Crippen LogP) is -0.429. The van der Waals surface area contributed by atoms with E-state index in [0.29, 0.717) is 5.56 Å². The summed E-state index contributed by atoms with van der Waals surface area (Å²) in [5, 5.41) is 16.1. The van der Waals surface area contributed by atoms with E-state index in [1.54, 1.807) is 0 Å². The third kappa shape index (κ3) is 3.76. The number of hydrogen-bond donors (Lipinski definition) is 2. The third-order valence-electron chi connectivity index (χ3n) is 2.93. The standard InChI is InChI=1S/C13H15FN4O3/c1-17-8-16-18(13(17)21)7-12(20)15-6-11(19)9-2-4-10(14)5-3-9/h2-5,8,11,19H,6-7H2,1H3,(H,15,20). The molecule has 1 heterocycles. The molecule has 1 aromatic carbocycles. The number of amides is 1. The summed E-state index contributed by atoms with van der Waals surface area (Å²) in [6.45, 7) is -0.262. The summed E-state index contributed by atoms with van der Waals surface area (Å²) < 4.78 is 15.0. The van der Waals surface area contributed by atoms with E-state index in [1.165, 1.54) is 42.2 Å². The first-order valence-corrected chi connectivity index (χ1v) is 6.26. The Kier molecular flexibility index (Phi) is 4.49. The summed E-state index contributed by atoms with van der Waals surface area (Å²) in [4.78, 5) is 23.2. The minimum absolute atomic E-state index is 0.0357. The first-order chi connectivity index (χ1) is 9.97. The van der Waals surface area contributed by atoms with Crippen molar-refractivity contribution >= 4 is 5.91 Å². The van der Waals surface area contributed by atoms with Gasteiger partial charge in [-0.1, -0.05) is 12.1 Å². The quantitative estimate of drug-likeness (QED) is 0.783. The number of carbonyl (C=O) groups is 1. The number of aliphatic hydroxyl groups excluding tert-OH is 1. The monoisotopic (exact) mass is 294 g/mol. The Bertz CT molecular complexity index is 677. The molecule has 7 nitrogen and oxygen atoms in total. The Morgan fingerprint density at radius 2 is 2.10 bits per heavy atom. The van der Waals surface area contributed by atoms with Gasteiger partial charge in [-0.15, -0.1) is 0 Å². The van der Waals surface area contributed by atoms with Crippen molar-refractivity contribution in [3.63, 3.8) is 0 Å². The molecule has 8 heteroatoms. The van der Waals surface area contributed by atoms with Gasteiger partial charge in [0, 0.05) is 13.6 Å². The number of aliphatic hydroxyl groups is 1. The van der Waals surface area contributed by atoms with Crippen LogP contribution in [0.4, 0.5) is 4.39 Å². The highest BCUT2D eigenvalue weighted by molar-refractivity contribution is 5.75. The molecule has 0 aliphatic heterocycles. The smallest absolute Gasteiger partial charge is 0.345 e. The number of aryl methyl sites for hydroxylation is 1. The Morgan fingerprint density at radius 1 is 1.43 bits per heavy atom. The number of aromatic nitrogens is 3. The molecule has 112 valence electrons. The maximum Gasteiger partial charge on any atom is 0.345 e. The average Bonchev–Trinajstić information content (AvgIpc) is 2.77. The SMILES string of the molecule is Cn1cnn(CC(=O)NCC(O)c2ccc(F)cc2)c1=O. The van der Waals surface area contributed by atoms with Crippen LogP contribution in [0.1, 0.15) is 11.7 Å². The van der Waals surface area contributed by atoms with Gasteiger partial charge in [0.2, 0.25) is 5.91 Å². The normalized spacial score (nSPS) is 12.1. The minimum atomic E-state index is -0.949. The molecule has 0 saturated heterocycles. The summed E-state index contributed by atoms with van der Waals surface area (Å²) >= 11 is 0. The van der Waals surface area contributed by atoms with Gasteiger partial charge in [-0.3, -0.25) is 9.36 Å². The minimum Gasteiger partial charge on any atom is -0.387 e. The lowest BCUT2D eigenvalue weighted by atomic mass is 10.1. The van der Waals surface area contributed by atoms with Crippen molar-refractivity contribution in [3.8, 4) is 0 Å². The number of hydrogen-bond acceptors (Lipinski definition) is 4. The van der Waals surface area contributed by atoms with Crippen molar-refractivity contribution < 1.29 is 14.3 Å². The zero-order valence-electron chi connectivity index (χ0n) is 11.4. The van der Waals surface area contributed by atoms with Crippen LogP contribution in [-0.4, -0.2) is 31.9 Å². The average molecular weight is 294 g/mol. The van der Waals surface area contributed by atoms with Gasteiger partial charge in [0.05, 0.1) is 6.10 Å². The number of rotatable bonds is 5. The maximum absolute atomic E-state index is 12.8. The van der Waals surface area contributed by atoms with Crippen molar-refractivity contribution in [1.29, 1.82) is 0 Å². The number of nitrogens with one attached hydrogen (secondary N) is 1. The lowest BCUT2D eigenvalue weighted by Gasteiger charge is -2.12. The molecule has 2 aromatic rings. The van der Waals surface area contributed by atoms with Crippen molar-refractivity contribution in [2.75, 3.05) is 6.54 Å². The largest absolute Gasteiger partial charge is 0.387 e. The van der Waals surface area contributed by atoms with Gasteiger partial charge in [0.25, 0.3) is 0 Å². The third-order valence-corrected chi connectivity index (χ3v) is 2.93. The van der Waals surface area contributed by atoms with E-state index in [0.717, 1.165) is 4.68 Å². The highest BCUT2D eigenvalue weighted by atomic mass is 19.1. The molecule has 1 aromatic heterocycles. The molecule has 2 N–H and O–H groups in total. The lowest BCUT2D eigenvalue weighted by molar-refractivity contribution is -0.122. The van der Waals surface area contributed by atoms with Crippen molar-refractivity contribution in [3.05, 3.63) is 52.5 Å². The van der Waals surface area contributed by atoms with E-state index in [9.17, 15) is 19.1 Å². The van der Waals surface area contributed by atoms with Crippen LogP contribution in [0.15, 0.2) is 35.4 Å². The zero-order chi connectivity index (χ0) is 15.4. The maximum atomic E-state index is 12.8. The van der Waals surface area contributed by atoms with E-state index in [1.807, 2.05) is 0 Å². The number of benzene rings is 1. The Morgan fingerprint density at radius 3 is 2.67 bits per heavy atom. The first-order valence-electron chi connectivity index (χ1n) is 6.26. The second kappa shape index (κ2) is 6.31. The van der Waals surface area contributed by atoms with Gasteiger partial charge >= 0.3 is 5.69 Å². The zero-order valence-corrected chi connectivity index (χ0v) is 11.4. The van der Waals surface area contributed by atoms with Crippen molar-refractivity contribution in [1.82, 2.24) is 19.7 Å². The van der Waals surface area contributed by atoms with E-state index in [4.69, 9.17) is 0 Å². The summed E-state index contributed by atoms with van der Waals surface area (Å²) in [6.07, 6.45) is 0.359. The fraction of sp³-hybridized carbons (Fsp3) is 0.308. The topological polar surface area (TPSA) is 89.2 Å². The molecule has 1 amide bonds. The van der Waals surface area contributed by atoms with E-state index < -0.39 is 23.5 Å². The fourth-order valence-electron chi connectivity index (χ4n) is 1.73. The van der Waals surface area contributed by atoms with E-state index in [2.05, 4.69) is 10.4 Å². The molecule has 0 aliphatic carbocycles. The summed E-state index contributed by atoms with van der Waals surface area (Å²) in [7, 11) is 1.53. The molecule has 21 heavy (non-hydrogen) atoms. The molecule has 1 unspecified atom stereocenters. The molecule has 2 rings (SSSR count). The van der Waals surface area contributed by atoms with E-state index >= 15 is 0 Å². The molecular weight excluding hydrogens is 279 g/mol. The van der Waals surface area contributed by atoms with Crippen LogP contribution >= 0.6 is 0 Å². The molecule has 0 radical (unpaired) electrons. The molecule has 0 spiro atoms. The van der Waals surface area contributed by atoms with Crippen molar-refractivity contribution in [2.45, 2.75) is 12.6 Å². The number of carbonyl (C=O) groups excluding carboxylic acids is 1. The van der Waals surface area contributed by atoms with Crippen LogP contribution in [0, 0.1) is 5.82 Å². The number of halogens is 1. The van der Waals surface area contributed by atoms with Gasteiger partial charge in [0.1, 0.15) is 18.7 Å². The van der Waals surface area contributed by atoms with E-state index in [-0.39, 0.29) is 13.1 Å². The molecule has 0 saturated carbocycles. The predicted molar refractivity (Wildman–Crippen MR) is 71.8 cm³/mol. The Labute approximate surface area is 119 Å². The van der Waals surface area contributed by atoms with Crippen LogP contribution < -0.4 is 11.0 Å². The van der Waals surface area contributed by atoms with Crippen LogP contribution in [-0.2, 0) is 18.4 Å². The van der Waals surface area contributed by atoms with Gasteiger partial charge in [-0.25, -0.2) is 13.9 Å². The molecule has 1 atom stereocenters. The molecule has 0 fully saturated rings. The van der Waals surface area contributed by atoms with Gasteiger partial charge < -0.3 is 10.4 Å². The Balaban J connectivity index is 1.87. The second-order valence-electron chi connectivity index (χ2n) is 4.55. The van der Waals surface area contributed by atoms with Crippen molar-refractivity contribution in [2.24, 2.45) is 7.05 Å². The summed E-state index contributed by atoms with van der Waals surface area (Å²) in [5.74, 6) is -0.846. The first kappa shape index (κ1) is 14.9. The lowest BCUT2D eigenvalue weighted by Crippen LogP contribution is -2.35. The van der Waals surface area contributed by atoms with Crippen LogP contribution in [0.3, 0.4) is 0 Å². The van der Waals surface area contributed by atoms with Gasteiger partial charge in [0.15, 0.2) is 0 Å². The fourth-order valence-corrected chi connectivity index (χ4v) is 1.73. The van der Waals surface area contributed by atoms with Crippen LogP contribution in [0.5, 0.6) is 0 Å². The van der Waals surface area contributed by atoms with Gasteiger partial charge in [-0.05, 0) is 17.7 Å². The number of nitrogens with zero attached hydrogens (tertiary/aromatic N) is 3. The van der Waals surface area contributed by atoms with Crippen LogP contribution in [0.25, 0.3) is 0 Å². The molecule has 0 aliphatic rings. The molecule has 0 bridgehead atoms. The highest BCUT2D eigenvalue weighted by Gasteiger charge is 2.11. The highest BCUT2D eigenvalue weighted by Crippen LogP contribution is 2.12. The summed E-state index contributed by atoms with van der Waals surface area (Å²) in [6, 6.07) is 5.34. The molecular formula is C13H15FN4O3. The second-order valence-corrected chi connectivity index (χ2v) is 4.55. The Hall–Kier alpha value is -2.48. The van der Waals surface area contributed by atoms with Crippen LogP contribution in [0.2, 0.25) is 0 Å².